The van der Waals surface area contributed by atoms with Crippen LogP contribution in [0, 0.1) is 0 Å². The number of aliphatic imine (C=N–C) groups is 1. The van der Waals surface area contributed by atoms with Gasteiger partial charge in [-0.15, -0.1) is 0 Å². The first-order valence-electron chi connectivity index (χ1n) is 11.7. The number of carbonyl (C=O) groups is 2. The van der Waals surface area contributed by atoms with Crippen molar-refractivity contribution < 1.29 is 23.8 Å². The molecule has 2 amide bonds. The average Bonchev–Trinajstić information content (AvgIpc) is 3.36. The molecule has 2 aliphatic rings. The highest BCUT2D eigenvalue weighted by Crippen LogP contribution is 2.35. The van der Waals surface area contributed by atoms with Crippen molar-refractivity contribution in [1.29, 1.82) is 0 Å². The van der Waals surface area contributed by atoms with E-state index in [0.29, 0.717) is 39.7 Å². The van der Waals surface area contributed by atoms with Crippen molar-refractivity contribution in [2.45, 2.75) is 25.1 Å². The Morgan fingerprint density at radius 1 is 1.11 bits per heavy atom. The van der Waals surface area contributed by atoms with Crippen LogP contribution in [0.1, 0.15) is 18.9 Å². The third-order valence-electron chi connectivity index (χ3n) is 5.69. The lowest BCUT2D eigenvalue weighted by atomic mass is 10.1. The fraction of sp³-hybridized carbons (Fsp3) is 0.222. The Morgan fingerprint density at radius 3 is 2.62 bits per heavy atom. The molecule has 0 aromatic heterocycles. The largest absolute Gasteiger partial charge is 0.494 e. The molecule has 3 aromatic carbocycles. The maximum absolute atomic E-state index is 13.3. The smallest absolute Gasteiger partial charge is 0.238 e. The molecule has 0 bridgehead atoms. The van der Waals surface area contributed by atoms with E-state index in [1.165, 1.54) is 11.8 Å². The SMILES string of the molecule is CCOc1ccc(N=C2S[C@@H](C(=O)Nc3ccc(Cl)cc3)CC(=O)N2Cc2ccc3c(c2)OCO3)cc1. The summed E-state index contributed by atoms with van der Waals surface area (Å²) in [5.41, 5.74) is 2.12. The van der Waals surface area contributed by atoms with Gasteiger partial charge in [0.15, 0.2) is 16.7 Å². The molecule has 8 nitrogen and oxygen atoms in total. The zero-order chi connectivity index (χ0) is 25.8. The zero-order valence-corrected chi connectivity index (χ0v) is 21.6. The highest BCUT2D eigenvalue weighted by atomic mass is 35.5. The van der Waals surface area contributed by atoms with Gasteiger partial charge in [-0.05, 0) is 73.2 Å². The van der Waals surface area contributed by atoms with Crippen molar-refractivity contribution in [3.8, 4) is 17.2 Å². The molecule has 10 heteroatoms. The summed E-state index contributed by atoms with van der Waals surface area (Å²) in [6.07, 6.45) is 0.0386. The van der Waals surface area contributed by atoms with E-state index >= 15 is 0 Å². The van der Waals surface area contributed by atoms with Crippen LogP contribution in [0.3, 0.4) is 0 Å². The number of amidine groups is 1. The molecule has 0 saturated carbocycles. The normalized spacial score (nSPS) is 17.7. The summed E-state index contributed by atoms with van der Waals surface area (Å²) in [5, 5.41) is 3.24. The van der Waals surface area contributed by atoms with Crippen molar-refractivity contribution in [3.05, 3.63) is 77.3 Å². The fourth-order valence-electron chi connectivity index (χ4n) is 3.87. The van der Waals surface area contributed by atoms with Gasteiger partial charge in [0.2, 0.25) is 18.6 Å². The lowest BCUT2D eigenvalue weighted by Gasteiger charge is -2.32. The molecule has 0 unspecified atom stereocenters. The molecule has 1 atom stereocenters. The third kappa shape index (κ3) is 6.00. The lowest BCUT2D eigenvalue weighted by Crippen LogP contribution is -2.44. The van der Waals surface area contributed by atoms with Gasteiger partial charge in [0, 0.05) is 17.1 Å². The number of rotatable bonds is 7. The molecule has 1 fully saturated rings. The number of hydrogen-bond donors (Lipinski definition) is 1. The van der Waals surface area contributed by atoms with Crippen LogP contribution in [-0.4, -0.2) is 40.5 Å². The Balaban J connectivity index is 1.40. The fourth-order valence-corrected chi connectivity index (χ4v) is 5.09. The summed E-state index contributed by atoms with van der Waals surface area (Å²) in [4.78, 5) is 32.8. The molecular formula is C27H24ClN3O5S. The molecule has 1 saturated heterocycles. The van der Waals surface area contributed by atoms with Crippen LogP contribution in [0.15, 0.2) is 71.7 Å². The predicted molar refractivity (Wildman–Crippen MR) is 144 cm³/mol. The Kier molecular flexibility index (Phi) is 7.52. The van der Waals surface area contributed by atoms with E-state index in [9.17, 15) is 9.59 Å². The standard InChI is InChI=1S/C27H24ClN3O5S/c1-2-34-21-10-8-20(9-11-21)30-27-31(15-17-3-12-22-23(13-17)36-16-35-22)25(32)14-24(37-27)26(33)29-19-6-4-18(28)5-7-19/h3-13,24H,2,14-16H2,1H3,(H,29,33)/t24-/m1/s1. The maximum atomic E-state index is 13.3. The van der Waals surface area contributed by atoms with Crippen molar-refractivity contribution in [2.75, 3.05) is 18.7 Å². The second-order valence-corrected chi connectivity index (χ2v) is 9.90. The first-order valence-corrected chi connectivity index (χ1v) is 13.0. The number of carbonyl (C=O) groups excluding carboxylic acids is 2. The van der Waals surface area contributed by atoms with E-state index in [1.807, 2.05) is 49.4 Å². The summed E-state index contributed by atoms with van der Waals surface area (Å²) in [6.45, 7) is 2.93. The van der Waals surface area contributed by atoms with Gasteiger partial charge in [0.1, 0.15) is 11.0 Å². The van der Waals surface area contributed by atoms with Crippen LogP contribution in [0.5, 0.6) is 17.2 Å². The number of nitrogens with zero attached hydrogens (tertiary/aromatic N) is 2. The van der Waals surface area contributed by atoms with E-state index in [0.717, 1.165) is 11.3 Å². The Labute approximate surface area is 223 Å². The van der Waals surface area contributed by atoms with Crippen molar-refractivity contribution in [2.24, 2.45) is 4.99 Å². The number of amides is 2. The molecule has 0 aliphatic carbocycles. The topological polar surface area (TPSA) is 89.5 Å². The van der Waals surface area contributed by atoms with E-state index < -0.39 is 5.25 Å². The molecular weight excluding hydrogens is 514 g/mol. The van der Waals surface area contributed by atoms with Crippen LogP contribution in [0.25, 0.3) is 0 Å². The number of benzene rings is 3. The maximum Gasteiger partial charge on any atom is 0.238 e. The van der Waals surface area contributed by atoms with Crippen LogP contribution < -0.4 is 19.5 Å². The second kappa shape index (κ2) is 11.1. The summed E-state index contributed by atoms with van der Waals surface area (Å²) in [7, 11) is 0. The van der Waals surface area contributed by atoms with Crippen LogP contribution >= 0.6 is 23.4 Å². The minimum Gasteiger partial charge on any atom is -0.494 e. The third-order valence-corrected chi connectivity index (χ3v) is 7.13. The monoisotopic (exact) mass is 537 g/mol. The summed E-state index contributed by atoms with van der Waals surface area (Å²) in [5.74, 6) is 1.57. The van der Waals surface area contributed by atoms with E-state index in [-0.39, 0.29) is 31.6 Å². The second-order valence-electron chi connectivity index (χ2n) is 8.30. The van der Waals surface area contributed by atoms with Gasteiger partial charge in [0.25, 0.3) is 0 Å². The van der Waals surface area contributed by atoms with Gasteiger partial charge in [-0.3, -0.25) is 14.5 Å². The van der Waals surface area contributed by atoms with E-state index in [2.05, 4.69) is 5.32 Å². The zero-order valence-electron chi connectivity index (χ0n) is 20.0. The van der Waals surface area contributed by atoms with Gasteiger partial charge < -0.3 is 19.5 Å². The van der Waals surface area contributed by atoms with Gasteiger partial charge in [0.05, 0.1) is 18.8 Å². The van der Waals surface area contributed by atoms with Crippen molar-refractivity contribution in [1.82, 2.24) is 4.90 Å². The van der Waals surface area contributed by atoms with E-state index in [1.54, 1.807) is 29.2 Å². The predicted octanol–water partition coefficient (Wildman–Crippen LogP) is 5.63. The molecule has 1 N–H and O–H groups in total. The van der Waals surface area contributed by atoms with Gasteiger partial charge in [-0.25, -0.2) is 4.99 Å². The van der Waals surface area contributed by atoms with Crippen LogP contribution in [0.2, 0.25) is 5.02 Å². The molecule has 0 radical (unpaired) electrons. The highest BCUT2D eigenvalue weighted by Gasteiger charge is 2.36. The number of hydrogen-bond acceptors (Lipinski definition) is 7. The minimum absolute atomic E-state index is 0.0386. The first kappa shape index (κ1) is 25.0. The quantitative estimate of drug-likeness (QED) is 0.420. The van der Waals surface area contributed by atoms with Crippen molar-refractivity contribution >= 4 is 51.7 Å². The number of halogens is 1. The number of nitrogens with one attached hydrogen (secondary N) is 1. The van der Waals surface area contributed by atoms with Crippen LogP contribution in [0.4, 0.5) is 11.4 Å². The van der Waals surface area contributed by atoms with Gasteiger partial charge in [-0.1, -0.05) is 29.4 Å². The van der Waals surface area contributed by atoms with Gasteiger partial charge >= 0.3 is 0 Å². The number of fused-ring (bicyclic) bond motifs is 1. The molecule has 5 rings (SSSR count). The Hall–Kier alpha value is -3.69. The highest BCUT2D eigenvalue weighted by molar-refractivity contribution is 8.15. The van der Waals surface area contributed by atoms with Crippen LogP contribution in [-0.2, 0) is 16.1 Å². The van der Waals surface area contributed by atoms with Crippen molar-refractivity contribution in [3.63, 3.8) is 0 Å². The molecule has 37 heavy (non-hydrogen) atoms. The summed E-state index contributed by atoms with van der Waals surface area (Å²) in [6, 6.07) is 19.7. The Bertz CT molecular complexity index is 1330. The summed E-state index contributed by atoms with van der Waals surface area (Å²) < 4.78 is 16.4. The average molecular weight is 538 g/mol. The number of anilines is 1. The molecule has 2 heterocycles. The summed E-state index contributed by atoms with van der Waals surface area (Å²) >= 11 is 7.21. The number of thioether (sulfide) groups is 1. The van der Waals surface area contributed by atoms with E-state index in [4.69, 9.17) is 30.8 Å². The lowest BCUT2D eigenvalue weighted by molar-refractivity contribution is -0.129. The number of ether oxygens (including phenoxy) is 3. The molecule has 3 aromatic rings. The molecule has 2 aliphatic heterocycles. The molecule has 190 valence electrons. The molecule has 0 spiro atoms. The Morgan fingerprint density at radius 2 is 1.86 bits per heavy atom. The van der Waals surface area contributed by atoms with Gasteiger partial charge in [-0.2, -0.15) is 0 Å². The minimum atomic E-state index is -0.641. The first-order chi connectivity index (χ1) is 18.0.